The summed E-state index contributed by atoms with van der Waals surface area (Å²) >= 11 is 0. The lowest BCUT2D eigenvalue weighted by Gasteiger charge is -2.28. The van der Waals surface area contributed by atoms with E-state index in [4.69, 9.17) is 4.74 Å². The van der Waals surface area contributed by atoms with E-state index in [-0.39, 0.29) is 30.6 Å². The molecule has 2 atom stereocenters. The average Bonchev–Trinajstić information content (AvgIpc) is 3.08. The number of carbonyl (C=O) groups excluding carboxylic acids is 3. The van der Waals surface area contributed by atoms with Gasteiger partial charge in [-0.25, -0.2) is 9.18 Å². The van der Waals surface area contributed by atoms with Crippen LogP contribution in [0, 0.1) is 5.82 Å². The highest BCUT2D eigenvalue weighted by Gasteiger charge is 2.31. The van der Waals surface area contributed by atoms with Gasteiger partial charge in [0, 0.05) is 31.6 Å². The van der Waals surface area contributed by atoms with Crippen molar-refractivity contribution in [2.45, 2.75) is 64.1 Å². The van der Waals surface area contributed by atoms with Crippen LogP contribution in [0.25, 0.3) is 0 Å². The molecule has 7 nitrogen and oxygen atoms in total. The zero-order valence-corrected chi connectivity index (χ0v) is 17.2. The van der Waals surface area contributed by atoms with Crippen molar-refractivity contribution in [1.82, 2.24) is 15.5 Å². The topological polar surface area (TPSA) is 87.7 Å². The second-order valence-corrected chi connectivity index (χ2v) is 8.25. The summed E-state index contributed by atoms with van der Waals surface area (Å²) in [5.74, 6) is -0.525. The van der Waals surface area contributed by atoms with Gasteiger partial charge in [0.25, 0.3) is 0 Å². The number of ether oxygens (including phenoxy) is 1. The molecule has 3 amide bonds. The summed E-state index contributed by atoms with van der Waals surface area (Å²) in [5, 5.41) is 5.33. The molecule has 2 rings (SSSR count). The number of nitrogens with one attached hydrogen (secondary N) is 2. The molecule has 1 aromatic rings. The largest absolute Gasteiger partial charge is 0.444 e. The first-order valence-corrected chi connectivity index (χ1v) is 9.89. The summed E-state index contributed by atoms with van der Waals surface area (Å²) in [6, 6.07) is 5.61. The standard InChI is InChI=1S/C21H30FN3O4/c1-21(2,3)29-20(28)24-16(11-15-7-4-5-9-18(15)22)12-19(27)25-10-6-8-17(25)13-23-14-26/h4-5,7,9,14,16-17H,6,8,10-13H2,1-3H3,(H,23,26)(H,24,28)/t16-,17+/m1/s1. The lowest BCUT2D eigenvalue weighted by atomic mass is 10.0. The van der Waals surface area contributed by atoms with Crippen LogP contribution in [-0.2, 0) is 20.7 Å². The van der Waals surface area contributed by atoms with E-state index in [1.807, 2.05) is 0 Å². The fourth-order valence-electron chi connectivity index (χ4n) is 3.47. The molecule has 160 valence electrons. The SMILES string of the molecule is CC(C)(C)OC(=O)N[C@@H](CC(=O)N1CCC[C@H]1CNC=O)Cc1ccccc1F. The predicted octanol–water partition coefficient (Wildman–Crippen LogP) is 2.39. The number of carbonyl (C=O) groups is 3. The van der Waals surface area contributed by atoms with Crippen LogP contribution in [0.4, 0.5) is 9.18 Å². The molecular weight excluding hydrogens is 377 g/mol. The van der Waals surface area contributed by atoms with Crippen molar-refractivity contribution >= 4 is 18.4 Å². The average molecular weight is 407 g/mol. The van der Waals surface area contributed by atoms with Gasteiger partial charge in [0.05, 0.1) is 0 Å². The molecule has 29 heavy (non-hydrogen) atoms. The highest BCUT2D eigenvalue weighted by Crippen LogP contribution is 2.20. The third kappa shape index (κ3) is 7.36. The van der Waals surface area contributed by atoms with E-state index >= 15 is 0 Å². The van der Waals surface area contributed by atoms with Crippen molar-refractivity contribution in [3.63, 3.8) is 0 Å². The zero-order valence-electron chi connectivity index (χ0n) is 17.2. The van der Waals surface area contributed by atoms with E-state index in [0.717, 1.165) is 12.8 Å². The van der Waals surface area contributed by atoms with Gasteiger partial charge in [0.1, 0.15) is 11.4 Å². The molecule has 0 aliphatic carbocycles. The fraction of sp³-hybridized carbons (Fsp3) is 0.571. The molecule has 1 heterocycles. The van der Waals surface area contributed by atoms with Crippen LogP contribution in [0.2, 0.25) is 0 Å². The molecule has 1 aromatic carbocycles. The number of alkyl carbamates (subject to hydrolysis) is 1. The Labute approximate surface area is 171 Å². The van der Waals surface area contributed by atoms with E-state index in [0.29, 0.717) is 25.1 Å². The third-order valence-corrected chi connectivity index (χ3v) is 4.70. The molecule has 0 saturated carbocycles. The lowest BCUT2D eigenvalue weighted by molar-refractivity contribution is -0.132. The van der Waals surface area contributed by atoms with Gasteiger partial charge in [-0.05, 0) is 51.7 Å². The molecule has 0 radical (unpaired) electrons. The van der Waals surface area contributed by atoms with Crippen LogP contribution in [0.5, 0.6) is 0 Å². The molecular formula is C21H30FN3O4. The number of hydrogen-bond acceptors (Lipinski definition) is 4. The first-order valence-electron chi connectivity index (χ1n) is 9.89. The summed E-state index contributed by atoms with van der Waals surface area (Å²) < 4.78 is 19.4. The van der Waals surface area contributed by atoms with Gasteiger partial charge in [-0.15, -0.1) is 0 Å². The first-order chi connectivity index (χ1) is 13.7. The molecule has 0 aromatic heterocycles. The quantitative estimate of drug-likeness (QED) is 0.648. The summed E-state index contributed by atoms with van der Waals surface area (Å²) in [6.07, 6.45) is 1.82. The van der Waals surface area contributed by atoms with Gasteiger partial charge < -0.3 is 20.3 Å². The Kier molecular flexibility index (Phi) is 7.99. The van der Waals surface area contributed by atoms with E-state index in [2.05, 4.69) is 10.6 Å². The molecule has 1 aliphatic rings. The van der Waals surface area contributed by atoms with Gasteiger partial charge in [-0.1, -0.05) is 18.2 Å². The molecule has 0 bridgehead atoms. The van der Waals surface area contributed by atoms with Crippen molar-refractivity contribution in [3.05, 3.63) is 35.6 Å². The number of amides is 3. The van der Waals surface area contributed by atoms with Gasteiger partial charge in [0.2, 0.25) is 12.3 Å². The Hall–Kier alpha value is -2.64. The Balaban J connectivity index is 2.09. The molecule has 1 fully saturated rings. The number of likely N-dealkylation sites (tertiary alicyclic amines) is 1. The normalized spacial score (nSPS) is 17.5. The first kappa shape index (κ1) is 22.6. The maximum absolute atomic E-state index is 14.1. The Bertz CT molecular complexity index is 720. The molecule has 0 spiro atoms. The monoisotopic (exact) mass is 407 g/mol. The lowest BCUT2D eigenvalue weighted by Crippen LogP contribution is -2.46. The number of halogens is 1. The number of rotatable bonds is 8. The second kappa shape index (κ2) is 10.2. The third-order valence-electron chi connectivity index (χ3n) is 4.70. The highest BCUT2D eigenvalue weighted by molar-refractivity contribution is 5.78. The molecule has 1 saturated heterocycles. The van der Waals surface area contributed by atoms with E-state index < -0.39 is 17.7 Å². The maximum Gasteiger partial charge on any atom is 0.407 e. The number of nitrogens with zero attached hydrogens (tertiary/aromatic N) is 1. The van der Waals surface area contributed by atoms with Crippen LogP contribution < -0.4 is 10.6 Å². The van der Waals surface area contributed by atoms with Gasteiger partial charge in [0.15, 0.2) is 0 Å². The number of hydrogen-bond donors (Lipinski definition) is 2. The maximum atomic E-state index is 14.1. The van der Waals surface area contributed by atoms with Crippen LogP contribution in [0.3, 0.4) is 0 Å². The van der Waals surface area contributed by atoms with E-state index in [9.17, 15) is 18.8 Å². The molecule has 1 aliphatic heterocycles. The Morgan fingerprint density at radius 2 is 2.07 bits per heavy atom. The highest BCUT2D eigenvalue weighted by atomic mass is 19.1. The molecule has 2 N–H and O–H groups in total. The summed E-state index contributed by atoms with van der Waals surface area (Å²) in [7, 11) is 0. The number of benzene rings is 1. The zero-order chi connectivity index (χ0) is 21.4. The summed E-state index contributed by atoms with van der Waals surface area (Å²) in [5.41, 5.74) is -0.265. The van der Waals surface area contributed by atoms with Crippen molar-refractivity contribution in [2.75, 3.05) is 13.1 Å². The minimum absolute atomic E-state index is 0.0190. The Morgan fingerprint density at radius 1 is 1.34 bits per heavy atom. The van der Waals surface area contributed by atoms with Crippen molar-refractivity contribution < 1.29 is 23.5 Å². The van der Waals surface area contributed by atoms with E-state index in [1.165, 1.54) is 6.07 Å². The van der Waals surface area contributed by atoms with Gasteiger partial charge in [-0.2, -0.15) is 0 Å². The van der Waals surface area contributed by atoms with Gasteiger partial charge in [-0.3, -0.25) is 9.59 Å². The van der Waals surface area contributed by atoms with Gasteiger partial charge >= 0.3 is 6.09 Å². The summed E-state index contributed by atoms with van der Waals surface area (Å²) in [6.45, 7) is 6.24. The molecule has 0 unspecified atom stereocenters. The van der Waals surface area contributed by atoms with Crippen LogP contribution in [0.1, 0.15) is 45.6 Å². The fourth-order valence-corrected chi connectivity index (χ4v) is 3.47. The Morgan fingerprint density at radius 3 is 2.72 bits per heavy atom. The second-order valence-electron chi connectivity index (χ2n) is 8.25. The van der Waals surface area contributed by atoms with Crippen LogP contribution >= 0.6 is 0 Å². The van der Waals surface area contributed by atoms with Crippen molar-refractivity contribution in [2.24, 2.45) is 0 Å². The minimum Gasteiger partial charge on any atom is -0.444 e. The van der Waals surface area contributed by atoms with E-state index in [1.54, 1.807) is 43.9 Å². The van der Waals surface area contributed by atoms with Crippen LogP contribution in [0.15, 0.2) is 24.3 Å². The summed E-state index contributed by atoms with van der Waals surface area (Å²) in [4.78, 5) is 37.4. The predicted molar refractivity (Wildman–Crippen MR) is 107 cm³/mol. The smallest absolute Gasteiger partial charge is 0.407 e. The van der Waals surface area contributed by atoms with Crippen molar-refractivity contribution in [3.8, 4) is 0 Å². The van der Waals surface area contributed by atoms with Crippen molar-refractivity contribution in [1.29, 1.82) is 0 Å². The minimum atomic E-state index is -0.683. The molecule has 8 heteroatoms. The van der Waals surface area contributed by atoms with Crippen LogP contribution in [-0.4, -0.2) is 54.1 Å².